The SMILES string of the molecule is Cc1ccc(C2=C3C(=O)N(C)C(c4ccc(-c5cc6c(s5)-c5sc(C)cc5C6(C)C)s4)=C3C(=O)N2C)s1. The minimum atomic E-state index is -0.115. The third-order valence-electron chi connectivity index (χ3n) is 7.63. The Kier molecular flexibility index (Phi) is 4.82. The molecule has 1 aliphatic carbocycles. The van der Waals surface area contributed by atoms with E-state index in [0.29, 0.717) is 11.1 Å². The van der Waals surface area contributed by atoms with E-state index in [9.17, 15) is 9.59 Å². The number of aryl methyl sites for hydroxylation is 2. The maximum atomic E-state index is 13.5. The van der Waals surface area contributed by atoms with Crippen molar-refractivity contribution in [3.05, 3.63) is 78.2 Å². The molecule has 2 aliphatic heterocycles. The molecule has 0 aromatic carbocycles. The van der Waals surface area contributed by atoms with E-state index in [1.54, 1.807) is 46.6 Å². The highest BCUT2D eigenvalue weighted by Gasteiger charge is 2.47. The molecule has 7 rings (SSSR count). The van der Waals surface area contributed by atoms with E-state index in [1.165, 1.54) is 35.5 Å². The minimum absolute atomic E-state index is 0.00402. The molecule has 186 valence electrons. The number of likely N-dealkylation sites (N-methyl/N-ethyl adjacent to an activating group) is 2. The molecule has 0 bridgehead atoms. The second-order valence-corrected chi connectivity index (χ2v) is 15.0. The topological polar surface area (TPSA) is 40.6 Å². The summed E-state index contributed by atoms with van der Waals surface area (Å²) in [5.41, 5.74) is 5.33. The van der Waals surface area contributed by atoms with Gasteiger partial charge in [-0.05, 0) is 61.4 Å². The fraction of sp³-hybridized carbons (Fsp3) is 0.241. The van der Waals surface area contributed by atoms with Gasteiger partial charge in [-0.3, -0.25) is 9.59 Å². The average molecular weight is 561 g/mol. The van der Waals surface area contributed by atoms with E-state index in [-0.39, 0.29) is 17.2 Å². The first-order valence-electron chi connectivity index (χ1n) is 12.1. The van der Waals surface area contributed by atoms with Gasteiger partial charge >= 0.3 is 0 Å². The van der Waals surface area contributed by atoms with Gasteiger partial charge in [0, 0.05) is 48.8 Å². The van der Waals surface area contributed by atoms with E-state index >= 15 is 0 Å². The second kappa shape index (κ2) is 7.63. The lowest BCUT2D eigenvalue weighted by Crippen LogP contribution is -2.24. The lowest BCUT2D eigenvalue weighted by Gasteiger charge is -2.19. The van der Waals surface area contributed by atoms with Gasteiger partial charge in [0.15, 0.2) is 0 Å². The largest absolute Gasteiger partial charge is 0.309 e. The third kappa shape index (κ3) is 3.04. The van der Waals surface area contributed by atoms with Crippen LogP contribution in [0.15, 0.2) is 47.5 Å². The molecule has 0 atom stereocenters. The van der Waals surface area contributed by atoms with Crippen molar-refractivity contribution in [2.75, 3.05) is 14.1 Å². The van der Waals surface area contributed by atoms with E-state index in [4.69, 9.17) is 0 Å². The summed E-state index contributed by atoms with van der Waals surface area (Å²) in [6.45, 7) is 8.85. The van der Waals surface area contributed by atoms with Gasteiger partial charge in [0.1, 0.15) is 0 Å². The maximum absolute atomic E-state index is 13.5. The van der Waals surface area contributed by atoms with Gasteiger partial charge in [0.2, 0.25) is 0 Å². The van der Waals surface area contributed by atoms with Gasteiger partial charge in [0.25, 0.3) is 11.8 Å². The Morgan fingerprint density at radius 1 is 0.622 bits per heavy atom. The molecule has 0 saturated carbocycles. The van der Waals surface area contributed by atoms with Crippen LogP contribution in [0, 0.1) is 13.8 Å². The zero-order valence-corrected chi connectivity index (χ0v) is 24.6. The van der Waals surface area contributed by atoms with Crippen molar-refractivity contribution >= 4 is 68.6 Å². The number of carbonyl (C=O) groups is 2. The van der Waals surface area contributed by atoms with Gasteiger partial charge in [-0.25, -0.2) is 0 Å². The summed E-state index contributed by atoms with van der Waals surface area (Å²) in [5.74, 6) is -0.229. The molecule has 2 amide bonds. The Morgan fingerprint density at radius 2 is 1.16 bits per heavy atom. The van der Waals surface area contributed by atoms with E-state index in [0.717, 1.165) is 26.0 Å². The van der Waals surface area contributed by atoms with Crippen LogP contribution in [-0.4, -0.2) is 35.7 Å². The van der Waals surface area contributed by atoms with Gasteiger partial charge in [-0.15, -0.1) is 45.3 Å². The molecule has 6 heterocycles. The summed E-state index contributed by atoms with van der Waals surface area (Å²) in [7, 11) is 3.55. The van der Waals surface area contributed by atoms with Gasteiger partial charge in [0.05, 0.1) is 32.3 Å². The quantitative estimate of drug-likeness (QED) is 0.259. The predicted octanol–water partition coefficient (Wildman–Crippen LogP) is 7.59. The van der Waals surface area contributed by atoms with Crippen LogP contribution in [0.25, 0.3) is 30.9 Å². The van der Waals surface area contributed by atoms with Crippen LogP contribution in [0.4, 0.5) is 0 Å². The normalized spacial score (nSPS) is 18.0. The molecule has 0 saturated heterocycles. The lowest BCUT2D eigenvalue weighted by molar-refractivity contribution is -0.123. The predicted molar refractivity (Wildman–Crippen MR) is 156 cm³/mol. The molecule has 4 aromatic rings. The summed E-state index contributed by atoms with van der Waals surface area (Å²) in [5, 5.41) is 0. The van der Waals surface area contributed by atoms with Crippen molar-refractivity contribution in [3.63, 3.8) is 0 Å². The standard InChI is InChI=1S/C29H24N2O2S4/c1-13-7-8-18(34-13)23-21-22(28(33)30(23)5)24(31(6)27(21)32)19-10-9-17(36-19)20-12-16-26(37-20)25-15(29(16,3)4)11-14(2)35-25/h7-12H,1-6H3. The highest BCUT2D eigenvalue weighted by molar-refractivity contribution is 7.27. The first-order chi connectivity index (χ1) is 17.6. The fourth-order valence-corrected chi connectivity index (χ4v) is 10.5. The monoisotopic (exact) mass is 560 g/mol. The van der Waals surface area contributed by atoms with Crippen molar-refractivity contribution in [2.45, 2.75) is 33.1 Å². The molecule has 8 heteroatoms. The molecule has 0 unspecified atom stereocenters. The number of thiophene rings is 4. The number of nitrogens with zero attached hydrogens (tertiary/aromatic N) is 2. The molecular weight excluding hydrogens is 537 g/mol. The van der Waals surface area contributed by atoms with Crippen LogP contribution in [0.3, 0.4) is 0 Å². The van der Waals surface area contributed by atoms with Crippen LogP contribution in [0.1, 0.15) is 44.5 Å². The number of amides is 2. The zero-order chi connectivity index (χ0) is 26.0. The number of rotatable bonds is 3. The summed E-state index contributed by atoms with van der Waals surface area (Å²) in [6, 6.07) is 12.9. The number of hydrogen-bond donors (Lipinski definition) is 0. The van der Waals surface area contributed by atoms with Crippen LogP contribution >= 0.6 is 45.3 Å². The number of hydrogen-bond acceptors (Lipinski definition) is 6. The summed E-state index contributed by atoms with van der Waals surface area (Å²) in [6.07, 6.45) is 0. The molecule has 0 spiro atoms. The Hall–Kier alpha value is -2.78. The van der Waals surface area contributed by atoms with Crippen molar-refractivity contribution < 1.29 is 9.59 Å². The van der Waals surface area contributed by atoms with Gasteiger partial charge in [-0.1, -0.05) is 13.8 Å². The Morgan fingerprint density at radius 3 is 1.78 bits per heavy atom. The molecule has 3 aliphatic rings. The molecular formula is C29H24N2O2S4. The van der Waals surface area contributed by atoms with E-state index < -0.39 is 0 Å². The fourth-order valence-electron chi connectivity index (χ4n) is 5.70. The van der Waals surface area contributed by atoms with E-state index in [1.807, 2.05) is 41.7 Å². The molecule has 4 nitrogen and oxygen atoms in total. The number of fused-ring (bicyclic) bond motifs is 4. The average Bonchev–Trinajstić information content (AvgIpc) is 3.67. The Balaban J connectivity index is 1.34. The Bertz CT molecular complexity index is 1750. The molecule has 4 aromatic heterocycles. The van der Waals surface area contributed by atoms with Crippen molar-refractivity contribution in [2.24, 2.45) is 0 Å². The van der Waals surface area contributed by atoms with Crippen molar-refractivity contribution in [1.29, 1.82) is 0 Å². The summed E-state index contributed by atoms with van der Waals surface area (Å²) < 4.78 is 0. The van der Waals surface area contributed by atoms with Crippen LogP contribution in [0.2, 0.25) is 0 Å². The summed E-state index contributed by atoms with van der Waals surface area (Å²) >= 11 is 7.00. The molecule has 0 N–H and O–H groups in total. The van der Waals surface area contributed by atoms with Gasteiger partial charge < -0.3 is 9.80 Å². The zero-order valence-electron chi connectivity index (χ0n) is 21.3. The lowest BCUT2D eigenvalue weighted by atomic mass is 9.84. The molecule has 37 heavy (non-hydrogen) atoms. The number of carbonyl (C=O) groups excluding carboxylic acids is 2. The first kappa shape index (κ1) is 23.3. The van der Waals surface area contributed by atoms with Crippen LogP contribution < -0.4 is 0 Å². The smallest absolute Gasteiger partial charge is 0.261 e. The van der Waals surface area contributed by atoms with Crippen LogP contribution in [-0.2, 0) is 15.0 Å². The minimum Gasteiger partial charge on any atom is -0.309 e. The highest BCUT2D eigenvalue weighted by atomic mass is 32.1. The summed E-state index contributed by atoms with van der Waals surface area (Å²) in [4.78, 5) is 39.8. The van der Waals surface area contributed by atoms with Crippen molar-refractivity contribution in [3.8, 4) is 19.5 Å². The molecule has 0 fully saturated rings. The Labute approximate surface area is 231 Å². The van der Waals surface area contributed by atoms with Crippen molar-refractivity contribution in [1.82, 2.24) is 9.80 Å². The maximum Gasteiger partial charge on any atom is 0.261 e. The van der Waals surface area contributed by atoms with Gasteiger partial charge in [-0.2, -0.15) is 0 Å². The van der Waals surface area contributed by atoms with E-state index in [2.05, 4.69) is 45.0 Å². The van der Waals surface area contributed by atoms with Crippen LogP contribution in [0.5, 0.6) is 0 Å². The highest BCUT2D eigenvalue weighted by Crippen LogP contribution is 2.57. The molecule has 0 radical (unpaired) electrons. The first-order valence-corrected chi connectivity index (χ1v) is 15.3. The third-order valence-corrected chi connectivity index (χ3v) is 12.3. The second-order valence-electron chi connectivity index (χ2n) is 10.3.